The summed E-state index contributed by atoms with van der Waals surface area (Å²) in [6.45, 7) is 4.92. The van der Waals surface area contributed by atoms with Gasteiger partial charge in [0.2, 0.25) is 11.8 Å². The van der Waals surface area contributed by atoms with Gasteiger partial charge in [0, 0.05) is 19.6 Å². The van der Waals surface area contributed by atoms with Crippen molar-refractivity contribution in [3.63, 3.8) is 0 Å². The first-order valence-corrected chi connectivity index (χ1v) is 11.9. The molecular weight excluding hydrogens is 380 g/mol. The molecule has 4 unspecified atom stereocenters. The summed E-state index contributed by atoms with van der Waals surface area (Å²) in [5.41, 5.74) is 0. The summed E-state index contributed by atoms with van der Waals surface area (Å²) in [4.78, 5) is 31.6. The Balaban J connectivity index is 1.21. The molecule has 4 aliphatic rings. The fourth-order valence-electron chi connectivity index (χ4n) is 5.60. The van der Waals surface area contributed by atoms with Crippen molar-refractivity contribution < 1.29 is 14.3 Å². The van der Waals surface area contributed by atoms with Crippen LogP contribution in [0.15, 0.2) is 17.1 Å². The number of hydrogen-bond donors (Lipinski definition) is 2. The van der Waals surface area contributed by atoms with Crippen LogP contribution in [0.25, 0.3) is 0 Å². The fourth-order valence-corrected chi connectivity index (χ4v) is 5.60. The molecule has 0 aromatic rings. The number of amides is 2. The molecule has 2 N–H and O–H groups in total. The molecule has 3 aliphatic carbocycles. The van der Waals surface area contributed by atoms with Crippen molar-refractivity contribution in [3.8, 4) is 0 Å². The molecule has 0 aromatic heterocycles. The van der Waals surface area contributed by atoms with E-state index >= 15 is 0 Å². The highest BCUT2D eigenvalue weighted by atomic mass is 16.5. The predicted molar refractivity (Wildman–Crippen MR) is 116 cm³/mol. The van der Waals surface area contributed by atoms with Gasteiger partial charge < -0.3 is 15.4 Å². The Morgan fingerprint density at radius 1 is 1.07 bits per heavy atom. The highest BCUT2D eigenvalue weighted by Gasteiger charge is 2.58. The average Bonchev–Trinajstić information content (AvgIpc) is 3.34. The summed E-state index contributed by atoms with van der Waals surface area (Å²) >= 11 is 0. The van der Waals surface area contributed by atoms with Gasteiger partial charge in [0.1, 0.15) is 0 Å². The van der Waals surface area contributed by atoms with Crippen molar-refractivity contribution in [1.82, 2.24) is 15.5 Å². The molecule has 30 heavy (non-hydrogen) atoms. The number of fused-ring (bicyclic) bond motifs is 5. The molecule has 7 heteroatoms. The van der Waals surface area contributed by atoms with E-state index < -0.39 is 0 Å². The predicted octanol–water partition coefficient (Wildman–Crippen LogP) is 2.09. The van der Waals surface area contributed by atoms with Crippen molar-refractivity contribution >= 4 is 17.8 Å². The molecular formula is C23H36N4O3. The van der Waals surface area contributed by atoms with E-state index in [0.29, 0.717) is 38.3 Å². The Kier molecular flexibility index (Phi) is 7.08. The second kappa shape index (κ2) is 9.94. The third-order valence-electron chi connectivity index (χ3n) is 7.05. The van der Waals surface area contributed by atoms with E-state index in [2.05, 4.69) is 27.8 Å². The smallest absolute Gasteiger partial charge is 0.233 e. The first-order valence-electron chi connectivity index (χ1n) is 11.9. The lowest BCUT2D eigenvalue weighted by atomic mass is 9.85. The molecule has 0 aromatic carbocycles. The van der Waals surface area contributed by atoms with Gasteiger partial charge in [-0.3, -0.25) is 19.5 Å². The lowest BCUT2D eigenvalue weighted by molar-refractivity contribution is -0.140. The maximum Gasteiger partial charge on any atom is 0.233 e. The lowest BCUT2D eigenvalue weighted by Gasteiger charge is -2.19. The molecule has 0 radical (unpaired) electrons. The van der Waals surface area contributed by atoms with Gasteiger partial charge in [0.15, 0.2) is 5.96 Å². The highest BCUT2D eigenvalue weighted by Crippen LogP contribution is 2.52. The van der Waals surface area contributed by atoms with Gasteiger partial charge in [-0.2, -0.15) is 0 Å². The normalized spacial score (nSPS) is 31.4. The zero-order valence-electron chi connectivity index (χ0n) is 18.1. The topological polar surface area (TPSA) is 83.0 Å². The number of guanidine groups is 1. The minimum Gasteiger partial charge on any atom is -0.376 e. The molecule has 1 heterocycles. The molecule has 7 nitrogen and oxygen atoms in total. The molecule has 0 spiro atoms. The number of carbonyl (C=O) groups is 2. The van der Waals surface area contributed by atoms with E-state index in [1.54, 1.807) is 0 Å². The van der Waals surface area contributed by atoms with E-state index in [9.17, 15) is 9.59 Å². The highest BCUT2D eigenvalue weighted by molar-refractivity contribution is 6.06. The van der Waals surface area contributed by atoms with Gasteiger partial charge in [0.25, 0.3) is 0 Å². The number of rotatable bonds is 8. The number of imide groups is 1. The number of hydrogen-bond acceptors (Lipinski definition) is 4. The maximum atomic E-state index is 12.8. The second-order valence-electron chi connectivity index (χ2n) is 9.00. The van der Waals surface area contributed by atoms with Crippen LogP contribution < -0.4 is 10.6 Å². The Hall–Kier alpha value is -1.89. The Bertz CT molecular complexity index is 654. The molecule has 4 atom stereocenters. The van der Waals surface area contributed by atoms with Gasteiger partial charge in [-0.1, -0.05) is 37.8 Å². The largest absolute Gasteiger partial charge is 0.376 e. The first kappa shape index (κ1) is 21.3. The molecule has 3 fully saturated rings. The molecule has 2 saturated carbocycles. The van der Waals surface area contributed by atoms with Crippen LogP contribution in [0.1, 0.15) is 51.9 Å². The first-order chi connectivity index (χ1) is 14.7. The molecule has 2 bridgehead atoms. The van der Waals surface area contributed by atoms with Gasteiger partial charge in [-0.05, 0) is 38.0 Å². The van der Waals surface area contributed by atoms with Crippen LogP contribution in [0.4, 0.5) is 0 Å². The minimum atomic E-state index is -0.115. The number of nitrogens with one attached hydrogen (secondary N) is 2. The van der Waals surface area contributed by atoms with E-state index in [-0.39, 0.29) is 35.5 Å². The van der Waals surface area contributed by atoms with E-state index in [0.717, 1.165) is 13.0 Å². The summed E-state index contributed by atoms with van der Waals surface area (Å²) in [5.74, 6) is 1.04. The zero-order chi connectivity index (χ0) is 20.9. The summed E-state index contributed by atoms with van der Waals surface area (Å²) < 4.78 is 6.01. The average molecular weight is 417 g/mol. The molecule has 166 valence electrons. The molecule has 1 saturated heterocycles. The summed E-state index contributed by atoms with van der Waals surface area (Å²) in [5, 5.41) is 6.49. The maximum absolute atomic E-state index is 12.8. The van der Waals surface area contributed by atoms with Crippen molar-refractivity contribution in [2.45, 2.75) is 58.0 Å². The standard InChI is InChI=1S/C23H36N4O3/c1-2-24-23(26-12-14-30-18-7-5-3-4-6-8-18)25-11-13-27-21(28)19-16-9-10-17(15-16)20(19)22(27)29/h9-10,16-20H,2-8,11-15H2,1H3,(H2,24,25,26). The SMILES string of the molecule is CCNC(=NCCOC1CCCCCC1)NCCN1C(=O)C2C3C=CC(C3)C2C1=O. The summed E-state index contributed by atoms with van der Waals surface area (Å²) in [6.07, 6.45) is 13.1. The number of ether oxygens (including phenoxy) is 1. The number of carbonyl (C=O) groups excluding carboxylic acids is 2. The van der Waals surface area contributed by atoms with Crippen LogP contribution in [-0.4, -0.2) is 61.6 Å². The van der Waals surface area contributed by atoms with Gasteiger partial charge in [-0.25, -0.2) is 0 Å². The summed E-state index contributed by atoms with van der Waals surface area (Å²) in [6, 6.07) is 0. The van der Waals surface area contributed by atoms with E-state index in [4.69, 9.17) is 4.74 Å². The molecule has 2 amide bonds. The van der Waals surface area contributed by atoms with Crippen LogP contribution in [0.3, 0.4) is 0 Å². The van der Waals surface area contributed by atoms with Crippen molar-refractivity contribution in [2.75, 3.05) is 32.8 Å². The van der Waals surface area contributed by atoms with Gasteiger partial charge in [-0.15, -0.1) is 0 Å². The van der Waals surface area contributed by atoms with Crippen LogP contribution in [-0.2, 0) is 14.3 Å². The van der Waals surface area contributed by atoms with E-state index in [1.165, 1.54) is 43.4 Å². The Labute approximate surface area is 179 Å². The van der Waals surface area contributed by atoms with Crippen LogP contribution in [0.5, 0.6) is 0 Å². The van der Waals surface area contributed by atoms with Crippen molar-refractivity contribution in [1.29, 1.82) is 0 Å². The van der Waals surface area contributed by atoms with E-state index in [1.807, 2.05) is 6.92 Å². The molecule has 4 rings (SSSR count). The number of allylic oxidation sites excluding steroid dienone is 2. The third-order valence-corrected chi connectivity index (χ3v) is 7.05. The lowest BCUT2D eigenvalue weighted by Crippen LogP contribution is -2.43. The quantitative estimate of drug-likeness (QED) is 0.158. The number of likely N-dealkylation sites (tertiary alicyclic amines) is 1. The number of aliphatic imine (C=N–C) groups is 1. The Morgan fingerprint density at radius 3 is 2.37 bits per heavy atom. The fraction of sp³-hybridized carbons (Fsp3) is 0.783. The van der Waals surface area contributed by atoms with Crippen LogP contribution >= 0.6 is 0 Å². The zero-order valence-corrected chi connectivity index (χ0v) is 18.1. The Morgan fingerprint density at radius 2 is 1.73 bits per heavy atom. The van der Waals surface area contributed by atoms with Crippen LogP contribution in [0.2, 0.25) is 0 Å². The molecule has 1 aliphatic heterocycles. The van der Waals surface area contributed by atoms with Gasteiger partial charge in [0.05, 0.1) is 31.1 Å². The number of nitrogens with zero attached hydrogens (tertiary/aromatic N) is 2. The second-order valence-corrected chi connectivity index (χ2v) is 9.00. The minimum absolute atomic E-state index is 0.0161. The monoisotopic (exact) mass is 416 g/mol. The van der Waals surface area contributed by atoms with Crippen molar-refractivity contribution in [3.05, 3.63) is 12.2 Å². The van der Waals surface area contributed by atoms with Crippen molar-refractivity contribution in [2.24, 2.45) is 28.7 Å². The summed E-state index contributed by atoms with van der Waals surface area (Å²) in [7, 11) is 0. The van der Waals surface area contributed by atoms with Crippen LogP contribution in [0, 0.1) is 23.7 Å². The third kappa shape index (κ3) is 4.56. The van der Waals surface area contributed by atoms with Gasteiger partial charge >= 0.3 is 0 Å².